The van der Waals surface area contributed by atoms with E-state index in [1.807, 2.05) is 13.8 Å². The number of nitrogens with one attached hydrogen (secondary N) is 1. The molecule has 0 aliphatic heterocycles. The second-order valence-corrected chi connectivity index (χ2v) is 2.44. The Labute approximate surface area is 86.1 Å². The van der Waals surface area contributed by atoms with Gasteiger partial charge in [0.1, 0.15) is 5.82 Å². The van der Waals surface area contributed by atoms with Gasteiger partial charge in [0.15, 0.2) is 0 Å². The Balaban J connectivity index is 0.000000921. The van der Waals surface area contributed by atoms with Gasteiger partial charge in [-0.2, -0.15) is 13.2 Å². The highest BCUT2D eigenvalue weighted by Gasteiger charge is 2.30. The molecule has 5 heteroatoms. The van der Waals surface area contributed by atoms with Crippen molar-refractivity contribution in [3.63, 3.8) is 0 Å². The zero-order valence-corrected chi connectivity index (χ0v) is 8.74. The van der Waals surface area contributed by atoms with Crippen LogP contribution in [-0.2, 0) is 6.18 Å². The number of alkyl halides is 3. The molecule has 0 fully saturated rings. The molecule has 0 heterocycles. The fourth-order valence-electron chi connectivity index (χ4n) is 0.893. The predicted molar refractivity (Wildman–Crippen MR) is 52.3 cm³/mol. The molecular formula is C10H13F4N. The lowest BCUT2D eigenvalue weighted by Gasteiger charge is -2.08. The summed E-state index contributed by atoms with van der Waals surface area (Å²) >= 11 is 0. The Bertz CT molecular complexity index is 307. The van der Waals surface area contributed by atoms with Crippen molar-refractivity contribution in [2.45, 2.75) is 20.0 Å². The van der Waals surface area contributed by atoms with E-state index in [9.17, 15) is 17.6 Å². The van der Waals surface area contributed by atoms with Crippen molar-refractivity contribution in [3.8, 4) is 0 Å². The molecule has 1 nitrogen and oxygen atoms in total. The predicted octanol–water partition coefficient (Wildman–Crippen LogP) is 3.91. The number of rotatable bonds is 1. The van der Waals surface area contributed by atoms with Crippen LogP contribution in [0.4, 0.5) is 23.2 Å². The molecule has 0 aliphatic carbocycles. The Morgan fingerprint density at radius 3 is 2.07 bits per heavy atom. The number of benzene rings is 1. The van der Waals surface area contributed by atoms with Crippen LogP contribution in [0, 0.1) is 5.82 Å². The third-order valence-electron chi connectivity index (χ3n) is 1.56. The zero-order chi connectivity index (χ0) is 12.1. The minimum atomic E-state index is -4.43. The maximum Gasteiger partial charge on any atom is 0.416 e. The van der Waals surface area contributed by atoms with Gasteiger partial charge >= 0.3 is 6.18 Å². The summed E-state index contributed by atoms with van der Waals surface area (Å²) < 4.78 is 49.0. The fourth-order valence-corrected chi connectivity index (χ4v) is 0.893. The van der Waals surface area contributed by atoms with E-state index >= 15 is 0 Å². The molecule has 0 aliphatic rings. The van der Waals surface area contributed by atoms with Gasteiger partial charge in [-0.1, -0.05) is 13.8 Å². The Morgan fingerprint density at radius 2 is 1.67 bits per heavy atom. The normalized spacial score (nSPS) is 10.3. The molecule has 0 atom stereocenters. The van der Waals surface area contributed by atoms with Gasteiger partial charge in [-0.25, -0.2) is 4.39 Å². The van der Waals surface area contributed by atoms with Gasteiger partial charge < -0.3 is 5.32 Å². The number of anilines is 1. The van der Waals surface area contributed by atoms with Crippen LogP contribution in [-0.4, -0.2) is 7.05 Å². The van der Waals surface area contributed by atoms with Crippen molar-refractivity contribution in [1.82, 2.24) is 0 Å². The van der Waals surface area contributed by atoms with Crippen LogP contribution in [0.3, 0.4) is 0 Å². The van der Waals surface area contributed by atoms with Crippen LogP contribution < -0.4 is 5.32 Å². The molecule has 0 unspecified atom stereocenters. The molecule has 1 aromatic rings. The van der Waals surface area contributed by atoms with E-state index < -0.39 is 17.6 Å². The second kappa shape index (κ2) is 5.58. The molecule has 0 aromatic heterocycles. The van der Waals surface area contributed by atoms with Gasteiger partial charge in [-0.05, 0) is 18.2 Å². The van der Waals surface area contributed by atoms with E-state index in [0.29, 0.717) is 6.07 Å². The molecular weight excluding hydrogens is 210 g/mol. The molecule has 0 bridgehead atoms. The summed E-state index contributed by atoms with van der Waals surface area (Å²) in [5, 5.41) is 2.33. The van der Waals surface area contributed by atoms with E-state index in [2.05, 4.69) is 5.32 Å². The van der Waals surface area contributed by atoms with Crippen LogP contribution in [0.5, 0.6) is 0 Å². The maximum absolute atomic E-state index is 12.7. The summed E-state index contributed by atoms with van der Waals surface area (Å²) in [4.78, 5) is 0. The Kier molecular flexibility index (Phi) is 5.11. The van der Waals surface area contributed by atoms with Gasteiger partial charge in [0, 0.05) is 7.05 Å². The second-order valence-electron chi connectivity index (χ2n) is 2.44. The van der Waals surface area contributed by atoms with Crippen LogP contribution in [0.2, 0.25) is 0 Å². The van der Waals surface area contributed by atoms with Crippen LogP contribution in [0.25, 0.3) is 0 Å². The van der Waals surface area contributed by atoms with Gasteiger partial charge in [0.25, 0.3) is 0 Å². The molecule has 0 spiro atoms. The average Bonchev–Trinajstić information content (AvgIpc) is 2.20. The number of hydrogen-bond donors (Lipinski definition) is 1. The van der Waals surface area contributed by atoms with Crippen molar-refractivity contribution in [1.29, 1.82) is 0 Å². The molecule has 0 amide bonds. The van der Waals surface area contributed by atoms with Crippen molar-refractivity contribution in [2.75, 3.05) is 12.4 Å². The molecule has 1 aromatic carbocycles. The molecule has 0 saturated heterocycles. The highest BCUT2D eigenvalue weighted by atomic mass is 19.4. The first kappa shape index (κ1) is 13.7. The largest absolute Gasteiger partial charge is 0.416 e. The van der Waals surface area contributed by atoms with E-state index in [0.717, 1.165) is 12.1 Å². The lowest BCUT2D eigenvalue weighted by Crippen LogP contribution is -2.06. The standard InChI is InChI=1S/C8H7F4N.C2H6/c1-13-7-4-5(8(10,11)12)2-3-6(7)9;1-2/h2-4,13H,1H3;1-2H3. The van der Waals surface area contributed by atoms with Crippen molar-refractivity contribution in [2.24, 2.45) is 0 Å². The lowest BCUT2D eigenvalue weighted by atomic mass is 10.2. The summed E-state index contributed by atoms with van der Waals surface area (Å²) in [5.41, 5.74) is -1.02. The Hall–Kier alpha value is -1.26. The monoisotopic (exact) mass is 223 g/mol. The van der Waals surface area contributed by atoms with E-state index in [1.165, 1.54) is 7.05 Å². The van der Waals surface area contributed by atoms with Crippen molar-refractivity contribution >= 4 is 5.69 Å². The van der Waals surface area contributed by atoms with Crippen LogP contribution in [0.15, 0.2) is 18.2 Å². The Morgan fingerprint density at radius 1 is 1.13 bits per heavy atom. The summed E-state index contributed by atoms with van der Waals surface area (Å²) in [6.45, 7) is 4.00. The van der Waals surface area contributed by atoms with E-state index in [4.69, 9.17) is 0 Å². The first-order chi connectivity index (χ1) is 6.95. The summed E-state index contributed by atoms with van der Waals surface area (Å²) in [5.74, 6) is -0.699. The van der Waals surface area contributed by atoms with Crippen LogP contribution >= 0.6 is 0 Å². The smallest absolute Gasteiger partial charge is 0.386 e. The lowest BCUT2D eigenvalue weighted by molar-refractivity contribution is -0.137. The number of halogens is 4. The minimum Gasteiger partial charge on any atom is -0.386 e. The van der Waals surface area contributed by atoms with Crippen molar-refractivity contribution < 1.29 is 17.6 Å². The average molecular weight is 223 g/mol. The highest BCUT2D eigenvalue weighted by molar-refractivity contribution is 5.47. The third kappa shape index (κ3) is 3.77. The fraction of sp³-hybridized carbons (Fsp3) is 0.400. The number of hydrogen-bond acceptors (Lipinski definition) is 1. The first-order valence-electron chi connectivity index (χ1n) is 4.49. The SMILES string of the molecule is CC.CNc1cc(C(F)(F)F)ccc1F. The molecule has 0 saturated carbocycles. The molecule has 1 N–H and O–H groups in total. The summed E-state index contributed by atoms with van der Waals surface area (Å²) in [7, 11) is 1.36. The highest BCUT2D eigenvalue weighted by Crippen LogP contribution is 2.31. The molecule has 86 valence electrons. The summed E-state index contributed by atoms with van der Waals surface area (Å²) in [6, 6.07) is 2.22. The van der Waals surface area contributed by atoms with Gasteiger partial charge in [-0.15, -0.1) is 0 Å². The minimum absolute atomic E-state index is 0.158. The third-order valence-corrected chi connectivity index (χ3v) is 1.56. The summed E-state index contributed by atoms with van der Waals surface area (Å²) in [6.07, 6.45) is -4.43. The van der Waals surface area contributed by atoms with Crippen LogP contribution in [0.1, 0.15) is 19.4 Å². The van der Waals surface area contributed by atoms with E-state index in [-0.39, 0.29) is 5.69 Å². The van der Waals surface area contributed by atoms with E-state index in [1.54, 1.807) is 0 Å². The molecule has 1 rings (SSSR count). The first-order valence-corrected chi connectivity index (χ1v) is 4.49. The van der Waals surface area contributed by atoms with Gasteiger partial charge in [0.05, 0.1) is 11.3 Å². The zero-order valence-electron chi connectivity index (χ0n) is 8.74. The topological polar surface area (TPSA) is 12.0 Å². The quantitative estimate of drug-likeness (QED) is 0.711. The maximum atomic E-state index is 12.7. The van der Waals surface area contributed by atoms with Crippen molar-refractivity contribution in [3.05, 3.63) is 29.6 Å². The van der Waals surface area contributed by atoms with Gasteiger partial charge in [-0.3, -0.25) is 0 Å². The molecule has 0 radical (unpaired) electrons. The molecule has 15 heavy (non-hydrogen) atoms. The van der Waals surface area contributed by atoms with Gasteiger partial charge in [0.2, 0.25) is 0 Å².